The van der Waals surface area contributed by atoms with Gasteiger partial charge in [0.15, 0.2) is 0 Å². The summed E-state index contributed by atoms with van der Waals surface area (Å²) >= 11 is 0. The predicted octanol–water partition coefficient (Wildman–Crippen LogP) is -2.08. The zero-order valence-corrected chi connectivity index (χ0v) is 16.5. The quantitative estimate of drug-likeness (QED) is 0.248. The predicted molar refractivity (Wildman–Crippen MR) is 104 cm³/mol. The van der Waals surface area contributed by atoms with Crippen molar-refractivity contribution in [2.45, 2.75) is 42.7 Å². The largest absolute Gasteiger partial charge is 0.508 e. The highest BCUT2D eigenvalue weighted by atomic mass is 16.6. The van der Waals surface area contributed by atoms with Gasteiger partial charge in [0.25, 0.3) is 0 Å². The van der Waals surface area contributed by atoms with Gasteiger partial charge in [-0.2, -0.15) is 0 Å². The topological polar surface area (TPSA) is 208 Å². The summed E-state index contributed by atoms with van der Waals surface area (Å²) in [6.45, 7) is -1.40. The van der Waals surface area contributed by atoms with Crippen LogP contribution >= 0.6 is 0 Å². The number of rotatable bonds is 3. The van der Waals surface area contributed by atoms with Gasteiger partial charge in [0.2, 0.25) is 5.78 Å². The third kappa shape index (κ3) is 2.98. The van der Waals surface area contributed by atoms with Crippen LogP contribution in [0.1, 0.15) is 32.6 Å². The zero-order chi connectivity index (χ0) is 23.5. The minimum atomic E-state index is -2.59. The van der Waals surface area contributed by atoms with Gasteiger partial charge >= 0.3 is 0 Å². The molecule has 11 nitrogen and oxygen atoms in total. The van der Waals surface area contributed by atoms with E-state index in [0.29, 0.717) is 0 Å². The second-order valence-corrected chi connectivity index (χ2v) is 7.93. The minimum absolute atomic E-state index is 0.0740. The van der Waals surface area contributed by atoms with E-state index in [1.165, 1.54) is 6.07 Å². The van der Waals surface area contributed by atoms with Crippen molar-refractivity contribution in [1.82, 2.24) is 0 Å². The molecular formula is C21H22O11. The first-order valence-electron chi connectivity index (χ1n) is 9.67. The first-order valence-corrected chi connectivity index (χ1v) is 9.67. The molecule has 0 saturated carbocycles. The summed E-state index contributed by atoms with van der Waals surface area (Å²) in [5.41, 5.74) is -4.23. The summed E-state index contributed by atoms with van der Waals surface area (Å²) in [5.74, 6) is -2.84. The van der Waals surface area contributed by atoms with Crippen LogP contribution in [0.2, 0.25) is 0 Å². The van der Waals surface area contributed by atoms with Gasteiger partial charge in [-0.25, -0.2) is 0 Å². The maximum Gasteiger partial charge on any atom is 0.201 e. The Balaban J connectivity index is 2.06. The number of carbonyl (C=O) groups is 1. The van der Waals surface area contributed by atoms with Crippen LogP contribution in [0.3, 0.4) is 0 Å². The number of aliphatic hydroxyl groups is 6. The van der Waals surface area contributed by atoms with E-state index in [0.717, 1.165) is 18.2 Å². The van der Waals surface area contributed by atoms with Gasteiger partial charge in [0.1, 0.15) is 53.4 Å². The van der Waals surface area contributed by atoms with Crippen molar-refractivity contribution in [2.75, 3.05) is 6.61 Å². The third-order valence-electron chi connectivity index (χ3n) is 6.04. The summed E-state index contributed by atoms with van der Waals surface area (Å²) in [6.07, 6.45) is -8.88. The molecule has 9 N–H and O–H groups in total. The molecule has 6 atom stereocenters. The summed E-state index contributed by atoms with van der Waals surface area (Å²) in [7, 11) is 0. The van der Waals surface area contributed by atoms with E-state index < -0.39 is 89.1 Å². The van der Waals surface area contributed by atoms with Gasteiger partial charge in [0.05, 0.1) is 24.3 Å². The molecule has 0 amide bonds. The molecule has 1 aliphatic carbocycles. The molecule has 11 heteroatoms. The molecule has 172 valence electrons. The third-order valence-corrected chi connectivity index (χ3v) is 6.04. The normalized spacial score (nSPS) is 31.8. The second kappa shape index (κ2) is 7.67. The minimum Gasteiger partial charge on any atom is -0.508 e. The maximum absolute atomic E-state index is 13.1. The van der Waals surface area contributed by atoms with E-state index >= 15 is 0 Å². The van der Waals surface area contributed by atoms with Gasteiger partial charge < -0.3 is 50.7 Å². The number of ether oxygens (including phenoxy) is 1. The average Bonchev–Trinajstić information content (AvgIpc) is 2.75. The molecule has 1 saturated heterocycles. The van der Waals surface area contributed by atoms with Crippen molar-refractivity contribution in [1.29, 1.82) is 0 Å². The Labute approximate surface area is 180 Å². The van der Waals surface area contributed by atoms with E-state index in [4.69, 9.17) is 4.74 Å². The average molecular weight is 450 g/mol. The number of fused-ring (bicyclic) bond motifs is 2. The highest BCUT2D eigenvalue weighted by molar-refractivity contribution is 6.16. The molecule has 0 unspecified atom stereocenters. The Morgan fingerprint density at radius 2 is 1.44 bits per heavy atom. The fourth-order valence-electron chi connectivity index (χ4n) is 4.49. The zero-order valence-electron chi connectivity index (χ0n) is 16.5. The van der Waals surface area contributed by atoms with Gasteiger partial charge in [-0.1, -0.05) is 0 Å². The van der Waals surface area contributed by atoms with Crippen molar-refractivity contribution in [3.63, 3.8) is 0 Å². The smallest absolute Gasteiger partial charge is 0.201 e. The lowest BCUT2D eigenvalue weighted by Crippen LogP contribution is -2.65. The summed E-state index contributed by atoms with van der Waals surface area (Å²) < 4.78 is 5.54. The summed E-state index contributed by atoms with van der Waals surface area (Å²) in [4.78, 5) is 13.1. The molecule has 32 heavy (non-hydrogen) atoms. The lowest BCUT2D eigenvalue weighted by Gasteiger charge is -2.49. The van der Waals surface area contributed by atoms with Crippen LogP contribution in [0.15, 0.2) is 24.3 Å². The van der Waals surface area contributed by atoms with E-state index in [-0.39, 0.29) is 11.1 Å². The Morgan fingerprint density at radius 3 is 2.03 bits per heavy atom. The van der Waals surface area contributed by atoms with E-state index in [1.54, 1.807) is 0 Å². The van der Waals surface area contributed by atoms with Crippen molar-refractivity contribution in [3.05, 3.63) is 52.1 Å². The van der Waals surface area contributed by atoms with Gasteiger partial charge in [-0.05, 0) is 23.8 Å². The molecule has 0 spiro atoms. The van der Waals surface area contributed by atoms with Crippen LogP contribution in [0.25, 0.3) is 0 Å². The fourth-order valence-corrected chi connectivity index (χ4v) is 4.49. The van der Waals surface area contributed by atoms with E-state index in [9.17, 15) is 50.8 Å². The monoisotopic (exact) mass is 450 g/mol. The van der Waals surface area contributed by atoms with Crippen molar-refractivity contribution in [2.24, 2.45) is 0 Å². The van der Waals surface area contributed by atoms with Crippen molar-refractivity contribution < 1.29 is 55.5 Å². The van der Waals surface area contributed by atoms with Crippen LogP contribution in [-0.2, 0) is 16.9 Å². The van der Waals surface area contributed by atoms with Crippen LogP contribution in [0, 0.1) is 0 Å². The van der Waals surface area contributed by atoms with Crippen molar-refractivity contribution >= 4 is 5.78 Å². The van der Waals surface area contributed by atoms with Crippen LogP contribution in [0.4, 0.5) is 0 Å². The van der Waals surface area contributed by atoms with E-state index in [1.807, 2.05) is 0 Å². The lowest BCUT2D eigenvalue weighted by atomic mass is 9.68. The molecule has 1 fully saturated rings. The number of aliphatic hydroxyl groups excluding tert-OH is 5. The van der Waals surface area contributed by atoms with Crippen LogP contribution < -0.4 is 0 Å². The number of ketones is 1. The number of hydrogen-bond acceptors (Lipinski definition) is 11. The van der Waals surface area contributed by atoms with Crippen molar-refractivity contribution in [3.8, 4) is 17.2 Å². The number of benzene rings is 2. The molecule has 4 rings (SSSR count). The van der Waals surface area contributed by atoms with Crippen LogP contribution in [-0.4, -0.2) is 88.9 Å². The Morgan fingerprint density at radius 1 is 0.844 bits per heavy atom. The van der Waals surface area contributed by atoms with Gasteiger partial charge in [-0.3, -0.25) is 4.79 Å². The maximum atomic E-state index is 13.1. The first kappa shape index (κ1) is 22.4. The molecule has 0 radical (unpaired) electrons. The highest BCUT2D eigenvalue weighted by Gasteiger charge is 2.58. The Hall–Kier alpha value is -2.77. The second-order valence-electron chi connectivity index (χ2n) is 7.93. The van der Waals surface area contributed by atoms with E-state index in [2.05, 4.69) is 0 Å². The molecule has 2 aliphatic rings. The summed E-state index contributed by atoms with van der Waals surface area (Å²) in [5, 5.41) is 93.1. The summed E-state index contributed by atoms with van der Waals surface area (Å²) in [6, 6.07) is 4.03. The molecule has 0 bridgehead atoms. The number of phenols is 3. The number of aromatic hydroxyl groups is 3. The molecule has 1 heterocycles. The Kier molecular flexibility index (Phi) is 5.38. The first-order chi connectivity index (χ1) is 15.1. The highest BCUT2D eigenvalue weighted by Crippen LogP contribution is 2.51. The SMILES string of the molecule is O=C1c2c(O)cc(O)cc2[C@@](O)([C@@H]2O[C@H](CO)[C@@H](O)[C@H](O)[C@H]2O)c2cc(CO)cc(O)c21. The molecular weight excluding hydrogens is 428 g/mol. The molecule has 2 aromatic rings. The molecule has 1 aliphatic heterocycles. The molecule has 0 aromatic heterocycles. The fraction of sp³-hybridized carbons (Fsp3) is 0.381. The number of hydrogen-bond donors (Lipinski definition) is 9. The Bertz CT molecular complexity index is 1080. The standard InChI is InChI=1S/C21H22O11/c22-5-7-1-9-14(11(25)2-7)17(28)15-10(3-8(24)4-12(15)26)21(9,31)20-19(30)18(29)16(27)13(6-23)32-20/h1-4,13,16,18-20,22-27,29-31H,5-6H2/t13-,16-,18+,19-,20-,21-/m1/s1. The van der Waals surface area contributed by atoms with Gasteiger partial charge in [-0.15, -0.1) is 0 Å². The molecule has 2 aromatic carbocycles. The van der Waals surface area contributed by atoms with Gasteiger partial charge in [0, 0.05) is 17.2 Å². The lowest BCUT2D eigenvalue weighted by molar-refractivity contribution is -0.265. The number of phenolic OH excluding ortho intramolecular Hbond substituents is 3. The number of carbonyl (C=O) groups excluding carboxylic acids is 1. The van der Waals surface area contributed by atoms with Crippen LogP contribution in [0.5, 0.6) is 17.2 Å².